The summed E-state index contributed by atoms with van der Waals surface area (Å²) in [5.74, 6) is 1.21. The molecule has 29 heavy (non-hydrogen) atoms. The average Bonchev–Trinajstić information content (AvgIpc) is 2.68. The number of nitrogens with zero attached hydrogens (tertiary/aromatic N) is 1. The summed E-state index contributed by atoms with van der Waals surface area (Å²) in [6.07, 6.45) is 0.786. The number of ether oxygens (including phenoxy) is 2. The zero-order valence-electron chi connectivity index (χ0n) is 16.6. The first kappa shape index (κ1) is 21.3. The van der Waals surface area contributed by atoms with Crippen molar-refractivity contribution in [3.8, 4) is 11.5 Å². The molecule has 1 N–H and O–H groups in total. The summed E-state index contributed by atoms with van der Waals surface area (Å²) in [7, 11) is 1.68. The number of nitrogens with one attached hydrogen (secondary N) is 1. The molecule has 0 saturated carbocycles. The Kier molecular flexibility index (Phi) is 7.22. The van der Waals surface area contributed by atoms with E-state index >= 15 is 0 Å². The summed E-state index contributed by atoms with van der Waals surface area (Å²) in [6.45, 7) is 3.83. The Morgan fingerprint density at radius 3 is 2.52 bits per heavy atom. The van der Waals surface area contributed by atoms with E-state index < -0.39 is 0 Å². The van der Waals surface area contributed by atoms with E-state index in [2.05, 4.69) is 32.9 Å². The summed E-state index contributed by atoms with van der Waals surface area (Å²) in [4.78, 5) is 17.3. The molecular weight excluding hydrogens is 479 g/mol. The quantitative estimate of drug-likeness (QED) is 0.427. The summed E-state index contributed by atoms with van der Waals surface area (Å²) in [5.41, 5.74) is 2.80. The third-order valence-corrected chi connectivity index (χ3v) is 5.08. The maximum absolute atomic E-state index is 12.7. The predicted octanol–water partition coefficient (Wildman–Crippen LogP) is 5.62. The topological polar surface area (TPSA) is 60.5 Å². The highest BCUT2D eigenvalue weighted by Gasteiger charge is 2.13. The number of halogens is 1. The fraction of sp³-hybridized carbons (Fsp3) is 0.217. The lowest BCUT2D eigenvalue weighted by Gasteiger charge is -2.12. The third kappa shape index (κ3) is 6.01. The summed E-state index contributed by atoms with van der Waals surface area (Å²) < 4.78 is 12.3. The van der Waals surface area contributed by atoms with Crippen molar-refractivity contribution in [2.75, 3.05) is 12.4 Å². The molecule has 6 heteroatoms. The number of methoxy groups -OCH3 is 1. The number of hydrogen-bond acceptors (Lipinski definition) is 4. The summed E-state index contributed by atoms with van der Waals surface area (Å²) in [5, 5.41) is 2.92. The van der Waals surface area contributed by atoms with Gasteiger partial charge in [-0.1, -0.05) is 12.1 Å². The van der Waals surface area contributed by atoms with E-state index in [9.17, 15) is 4.79 Å². The van der Waals surface area contributed by atoms with Crippen molar-refractivity contribution in [2.45, 2.75) is 26.4 Å². The second-order valence-electron chi connectivity index (χ2n) is 6.73. The molecule has 0 fully saturated rings. The lowest BCUT2D eigenvalue weighted by Crippen LogP contribution is -2.16. The Morgan fingerprint density at radius 2 is 1.83 bits per heavy atom. The minimum atomic E-state index is -0.201. The fourth-order valence-corrected chi connectivity index (χ4v) is 3.36. The van der Waals surface area contributed by atoms with Crippen LogP contribution in [0.2, 0.25) is 0 Å². The van der Waals surface area contributed by atoms with Gasteiger partial charge in [-0.05, 0) is 78.9 Å². The second kappa shape index (κ2) is 9.84. The highest BCUT2D eigenvalue weighted by atomic mass is 127. The molecule has 2 aromatic carbocycles. The Bertz CT molecular complexity index is 1010. The van der Waals surface area contributed by atoms with Crippen molar-refractivity contribution in [3.05, 3.63) is 81.2 Å². The smallest absolute Gasteiger partial charge is 0.257 e. The van der Waals surface area contributed by atoms with Gasteiger partial charge < -0.3 is 14.8 Å². The Morgan fingerprint density at radius 1 is 1.10 bits per heavy atom. The summed E-state index contributed by atoms with van der Waals surface area (Å²) >= 11 is 2.24. The normalized spacial score (nSPS) is 11.7. The van der Waals surface area contributed by atoms with Crippen LogP contribution in [0.15, 0.2) is 60.7 Å². The van der Waals surface area contributed by atoms with Gasteiger partial charge in [-0.15, -0.1) is 0 Å². The molecule has 0 aliphatic heterocycles. The van der Waals surface area contributed by atoms with E-state index in [0.29, 0.717) is 29.1 Å². The molecule has 1 heterocycles. The second-order valence-corrected chi connectivity index (χ2v) is 7.97. The molecule has 1 atom stereocenters. The number of anilines is 1. The van der Waals surface area contributed by atoms with E-state index in [1.807, 2.05) is 68.4 Å². The first-order valence-electron chi connectivity index (χ1n) is 9.29. The molecular formula is C23H23IN2O3. The van der Waals surface area contributed by atoms with Gasteiger partial charge in [-0.3, -0.25) is 9.78 Å². The monoisotopic (exact) mass is 502 g/mol. The molecule has 0 aliphatic carbocycles. The van der Waals surface area contributed by atoms with E-state index in [-0.39, 0.29) is 12.0 Å². The minimum absolute atomic E-state index is 0.0808. The lowest BCUT2D eigenvalue weighted by atomic mass is 10.1. The van der Waals surface area contributed by atoms with Gasteiger partial charge in [0.15, 0.2) is 0 Å². The van der Waals surface area contributed by atoms with Crippen LogP contribution in [0.1, 0.15) is 28.7 Å². The van der Waals surface area contributed by atoms with Crippen LogP contribution < -0.4 is 10.1 Å². The average molecular weight is 502 g/mol. The van der Waals surface area contributed by atoms with Crippen LogP contribution in [-0.2, 0) is 11.2 Å². The number of pyridine rings is 1. The number of aryl methyl sites for hydroxylation is 1. The van der Waals surface area contributed by atoms with Crippen molar-refractivity contribution < 1.29 is 14.3 Å². The van der Waals surface area contributed by atoms with Crippen molar-refractivity contribution >= 4 is 34.2 Å². The van der Waals surface area contributed by atoms with Crippen molar-refractivity contribution in [1.29, 1.82) is 0 Å². The SMILES string of the molecule is COC(C)Cc1ccc(C(=O)Nc2cccc(Oc3cccc(I)c3)c2)c(C)n1. The first-order valence-corrected chi connectivity index (χ1v) is 10.4. The molecule has 3 rings (SSSR count). The molecule has 0 saturated heterocycles. The van der Waals surface area contributed by atoms with Gasteiger partial charge in [0.05, 0.1) is 17.4 Å². The van der Waals surface area contributed by atoms with Crippen molar-refractivity contribution in [2.24, 2.45) is 0 Å². The van der Waals surface area contributed by atoms with Crippen molar-refractivity contribution in [1.82, 2.24) is 4.98 Å². The predicted molar refractivity (Wildman–Crippen MR) is 123 cm³/mol. The van der Waals surface area contributed by atoms with Gasteiger partial charge in [0.25, 0.3) is 5.91 Å². The van der Waals surface area contributed by atoms with Crippen LogP contribution >= 0.6 is 22.6 Å². The Balaban J connectivity index is 1.70. The standard InChI is InChI=1S/C23H23IN2O3/c1-15(28-3)12-19-10-11-22(16(2)25-19)23(27)26-18-7-5-9-21(14-18)29-20-8-4-6-17(24)13-20/h4-11,13-15H,12H2,1-3H3,(H,26,27). The molecule has 1 amide bonds. The number of aromatic nitrogens is 1. The molecule has 150 valence electrons. The summed E-state index contributed by atoms with van der Waals surface area (Å²) in [6, 6.07) is 18.8. The molecule has 1 unspecified atom stereocenters. The van der Waals surface area contributed by atoms with Gasteiger partial charge >= 0.3 is 0 Å². The molecule has 3 aromatic rings. The van der Waals surface area contributed by atoms with E-state index in [1.54, 1.807) is 13.2 Å². The molecule has 0 bridgehead atoms. The first-order chi connectivity index (χ1) is 13.9. The zero-order chi connectivity index (χ0) is 20.8. The minimum Gasteiger partial charge on any atom is -0.457 e. The Hall–Kier alpha value is -2.45. The van der Waals surface area contributed by atoms with E-state index in [0.717, 1.165) is 15.0 Å². The van der Waals surface area contributed by atoms with Crippen LogP contribution in [0.4, 0.5) is 5.69 Å². The highest BCUT2D eigenvalue weighted by molar-refractivity contribution is 14.1. The molecule has 0 aliphatic rings. The largest absolute Gasteiger partial charge is 0.457 e. The number of rotatable bonds is 7. The third-order valence-electron chi connectivity index (χ3n) is 4.41. The maximum atomic E-state index is 12.7. The number of benzene rings is 2. The van der Waals surface area contributed by atoms with Gasteiger partial charge in [-0.2, -0.15) is 0 Å². The fourth-order valence-electron chi connectivity index (χ4n) is 2.85. The molecule has 0 radical (unpaired) electrons. The van der Waals surface area contributed by atoms with Gasteiger partial charge in [0.1, 0.15) is 11.5 Å². The maximum Gasteiger partial charge on any atom is 0.257 e. The van der Waals surface area contributed by atoms with Crippen LogP contribution in [0.3, 0.4) is 0 Å². The molecule has 1 aromatic heterocycles. The number of carbonyl (C=O) groups excluding carboxylic acids is 1. The molecule has 0 spiro atoms. The van der Waals surface area contributed by atoms with Gasteiger partial charge in [0.2, 0.25) is 0 Å². The van der Waals surface area contributed by atoms with E-state index in [1.165, 1.54) is 0 Å². The van der Waals surface area contributed by atoms with Crippen LogP contribution in [0, 0.1) is 10.5 Å². The Labute approximate surface area is 184 Å². The lowest BCUT2D eigenvalue weighted by molar-refractivity contribution is 0.102. The van der Waals surface area contributed by atoms with Crippen LogP contribution in [-0.4, -0.2) is 24.1 Å². The van der Waals surface area contributed by atoms with E-state index in [4.69, 9.17) is 9.47 Å². The zero-order valence-corrected chi connectivity index (χ0v) is 18.8. The van der Waals surface area contributed by atoms with Crippen LogP contribution in [0.25, 0.3) is 0 Å². The van der Waals surface area contributed by atoms with Crippen LogP contribution in [0.5, 0.6) is 11.5 Å². The number of hydrogen-bond donors (Lipinski definition) is 1. The van der Waals surface area contributed by atoms with Gasteiger partial charge in [-0.25, -0.2) is 0 Å². The number of amides is 1. The number of carbonyl (C=O) groups is 1. The van der Waals surface area contributed by atoms with Crippen molar-refractivity contribution in [3.63, 3.8) is 0 Å². The highest BCUT2D eigenvalue weighted by Crippen LogP contribution is 2.25. The van der Waals surface area contributed by atoms with Gasteiger partial charge in [0, 0.05) is 34.5 Å². The molecule has 5 nitrogen and oxygen atoms in total.